The minimum absolute atomic E-state index is 0.127. The molecular weight excluding hydrogens is 233 g/mol. The second kappa shape index (κ2) is 4.20. The molecule has 2 atom stereocenters. The van der Waals surface area contributed by atoms with E-state index >= 15 is 0 Å². The molecule has 0 amide bonds. The number of piperidine rings is 1. The number of hydrogen-bond donors (Lipinski definition) is 1. The summed E-state index contributed by atoms with van der Waals surface area (Å²) < 4.78 is 15.3. The van der Waals surface area contributed by atoms with Crippen molar-refractivity contribution in [1.82, 2.24) is 14.6 Å². The van der Waals surface area contributed by atoms with Gasteiger partial charge in [-0.05, 0) is 19.4 Å². The molecule has 2 aromatic heterocycles. The highest BCUT2D eigenvalue weighted by Crippen LogP contribution is 2.20. The zero-order valence-electron chi connectivity index (χ0n) is 10.3. The van der Waals surface area contributed by atoms with E-state index in [9.17, 15) is 4.39 Å². The molecule has 0 saturated carbocycles. The molecule has 1 saturated heterocycles. The molecule has 0 radical (unpaired) electrons. The molecule has 6 heteroatoms. The van der Waals surface area contributed by atoms with Crippen LogP contribution in [0, 0.1) is 6.92 Å². The molecule has 1 fully saturated rings. The van der Waals surface area contributed by atoms with Crippen LogP contribution in [0.25, 0.3) is 5.65 Å². The van der Waals surface area contributed by atoms with Gasteiger partial charge in [-0.15, -0.1) is 0 Å². The summed E-state index contributed by atoms with van der Waals surface area (Å²) in [5.74, 6) is 0.768. The molecule has 2 aromatic rings. The van der Waals surface area contributed by atoms with Crippen molar-refractivity contribution in [3.8, 4) is 0 Å². The quantitative estimate of drug-likeness (QED) is 0.816. The van der Waals surface area contributed by atoms with Crippen molar-refractivity contribution >= 4 is 11.5 Å². The maximum atomic E-state index is 13.5. The van der Waals surface area contributed by atoms with Gasteiger partial charge in [-0.2, -0.15) is 5.10 Å². The molecule has 0 aliphatic carbocycles. The Kier molecular flexibility index (Phi) is 2.66. The number of alkyl halides is 1. The minimum Gasteiger partial charge on any atom is -0.352 e. The Morgan fingerprint density at radius 2 is 2.28 bits per heavy atom. The van der Waals surface area contributed by atoms with Gasteiger partial charge in [-0.3, -0.25) is 0 Å². The second-order valence-electron chi connectivity index (χ2n) is 4.88. The van der Waals surface area contributed by atoms with Crippen LogP contribution < -0.4 is 10.6 Å². The lowest BCUT2D eigenvalue weighted by Crippen LogP contribution is -2.48. The molecule has 96 valence electrons. The maximum Gasteiger partial charge on any atom is 0.160 e. The molecule has 0 bridgehead atoms. The SMILES string of the molecule is Cc1cnn2ccc(N3CC(N)CC(F)C3)nc12. The third kappa shape index (κ3) is 1.92. The number of fused-ring (bicyclic) bond motifs is 1. The third-order valence-electron chi connectivity index (χ3n) is 3.29. The van der Waals surface area contributed by atoms with E-state index < -0.39 is 6.17 Å². The first kappa shape index (κ1) is 11.4. The highest BCUT2D eigenvalue weighted by atomic mass is 19.1. The predicted octanol–water partition coefficient (Wildman–Crippen LogP) is 0.913. The molecule has 18 heavy (non-hydrogen) atoms. The highest BCUT2D eigenvalue weighted by Gasteiger charge is 2.25. The van der Waals surface area contributed by atoms with Gasteiger partial charge in [0.25, 0.3) is 0 Å². The molecule has 3 rings (SSSR count). The summed E-state index contributed by atoms with van der Waals surface area (Å²) in [7, 11) is 0. The Labute approximate surface area is 104 Å². The fourth-order valence-corrected chi connectivity index (χ4v) is 2.41. The van der Waals surface area contributed by atoms with Crippen molar-refractivity contribution in [1.29, 1.82) is 0 Å². The monoisotopic (exact) mass is 249 g/mol. The van der Waals surface area contributed by atoms with Crippen LogP contribution in [-0.4, -0.2) is 39.9 Å². The lowest BCUT2D eigenvalue weighted by atomic mass is 10.1. The Balaban J connectivity index is 1.95. The first-order valence-corrected chi connectivity index (χ1v) is 6.09. The molecule has 1 aliphatic heterocycles. The topological polar surface area (TPSA) is 59.5 Å². The van der Waals surface area contributed by atoms with Crippen LogP contribution in [-0.2, 0) is 0 Å². The molecular formula is C12H16FN5. The number of nitrogens with two attached hydrogens (primary N) is 1. The second-order valence-corrected chi connectivity index (χ2v) is 4.88. The summed E-state index contributed by atoms with van der Waals surface area (Å²) in [6.07, 6.45) is 3.17. The van der Waals surface area contributed by atoms with Crippen LogP contribution in [0.3, 0.4) is 0 Å². The van der Waals surface area contributed by atoms with Gasteiger partial charge < -0.3 is 10.6 Å². The summed E-state index contributed by atoms with van der Waals surface area (Å²) in [6, 6.07) is 1.72. The average Bonchev–Trinajstić information content (AvgIpc) is 2.69. The first-order valence-electron chi connectivity index (χ1n) is 6.09. The summed E-state index contributed by atoms with van der Waals surface area (Å²) in [4.78, 5) is 6.44. The zero-order valence-corrected chi connectivity index (χ0v) is 10.3. The van der Waals surface area contributed by atoms with Crippen molar-refractivity contribution in [2.45, 2.75) is 25.6 Å². The van der Waals surface area contributed by atoms with Gasteiger partial charge in [0, 0.05) is 24.3 Å². The van der Waals surface area contributed by atoms with Crippen LogP contribution in [0.15, 0.2) is 18.5 Å². The van der Waals surface area contributed by atoms with E-state index in [-0.39, 0.29) is 6.04 Å². The number of aryl methyl sites for hydroxylation is 1. The summed E-state index contributed by atoms with van der Waals surface area (Å²) in [6.45, 7) is 2.97. The van der Waals surface area contributed by atoms with Gasteiger partial charge in [-0.25, -0.2) is 13.9 Å². The fraction of sp³-hybridized carbons (Fsp3) is 0.500. The molecule has 2 N–H and O–H groups in total. The number of aromatic nitrogens is 3. The van der Waals surface area contributed by atoms with Gasteiger partial charge in [0.2, 0.25) is 0 Å². The van der Waals surface area contributed by atoms with Crippen molar-refractivity contribution in [3.63, 3.8) is 0 Å². The number of halogens is 1. The van der Waals surface area contributed by atoms with Gasteiger partial charge in [0.05, 0.1) is 12.7 Å². The average molecular weight is 249 g/mol. The van der Waals surface area contributed by atoms with E-state index in [2.05, 4.69) is 10.1 Å². The van der Waals surface area contributed by atoms with Gasteiger partial charge in [0.1, 0.15) is 12.0 Å². The van der Waals surface area contributed by atoms with Gasteiger partial charge in [-0.1, -0.05) is 0 Å². The Hall–Kier alpha value is -1.69. The van der Waals surface area contributed by atoms with E-state index in [0.29, 0.717) is 19.5 Å². The summed E-state index contributed by atoms with van der Waals surface area (Å²) in [5, 5.41) is 4.17. The van der Waals surface area contributed by atoms with Crippen LogP contribution in [0.1, 0.15) is 12.0 Å². The lowest BCUT2D eigenvalue weighted by molar-refractivity contribution is 0.268. The molecule has 3 heterocycles. The Bertz CT molecular complexity index is 557. The van der Waals surface area contributed by atoms with Gasteiger partial charge in [0.15, 0.2) is 5.65 Å². The van der Waals surface area contributed by atoms with Crippen molar-refractivity contribution in [2.75, 3.05) is 18.0 Å². The fourth-order valence-electron chi connectivity index (χ4n) is 2.41. The standard InChI is InChI=1S/C12H16FN5/c1-8-5-15-18-3-2-11(16-12(8)18)17-6-9(13)4-10(14)7-17/h2-3,5,9-10H,4,6-7,14H2,1H3. The number of rotatable bonds is 1. The van der Waals surface area contributed by atoms with E-state index in [1.807, 2.05) is 24.1 Å². The third-order valence-corrected chi connectivity index (χ3v) is 3.29. The van der Waals surface area contributed by atoms with Crippen LogP contribution in [0.2, 0.25) is 0 Å². The number of anilines is 1. The zero-order chi connectivity index (χ0) is 12.7. The summed E-state index contributed by atoms with van der Waals surface area (Å²) >= 11 is 0. The molecule has 1 aliphatic rings. The first-order chi connectivity index (χ1) is 8.63. The highest BCUT2D eigenvalue weighted by molar-refractivity contribution is 5.52. The van der Waals surface area contributed by atoms with E-state index in [1.165, 1.54) is 0 Å². The van der Waals surface area contributed by atoms with E-state index in [0.717, 1.165) is 17.0 Å². The maximum absolute atomic E-state index is 13.5. The lowest BCUT2D eigenvalue weighted by Gasteiger charge is -2.33. The van der Waals surface area contributed by atoms with Crippen LogP contribution in [0.5, 0.6) is 0 Å². The molecule has 2 unspecified atom stereocenters. The van der Waals surface area contributed by atoms with Crippen molar-refractivity contribution in [3.05, 3.63) is 24.0 Å². The van der Waals surface area contributed by atoms with Gasteiger partial charge >= 0.3 is 0 Å². The van der Waals surface area contributed by atoms with E-state index in [4.69, 9.17) is 5.73 Å². The largest absolute Gasteiger partial charge is 0.352 e. The molecule has 0 spiro atoms. The van der Waals surface area contributed by atoms with E-state index in [1.54, 1.807) is 10.7 Å². The van der Waals surface area contributed by atoms with Crippen LogP contribution >= 0.6 is 0 Å². The predicted molar refractivity (Wildman–Crippen MR) is 67.4 cm³/mol. The Morgan fingerprint density at radius 1 is 1.44 bits per heavy atom. The normalized spacial score (nSPS) is 24.7. The van der Waals surface area contributed by atoms with Crippen LogP contribution in [0.4, 0.5) is 10.2 Å². The number of hydrogen-bond acceptors (Lipinski definition) is 4. The smallest absolute Gasteiger partial charge is 0.160 e. The number of nitrogens with zero attached hydrogens (tertiary/aromatic N) is 4. The molecule has 5 nitrogen and oxygen atoms in total. The van der Waals surface area contributed by atoms with Crippen molar-refractivity contribution in [2.24, 2.45) is 5.73 Å². The van der Waals surface area contributed by atoms with Crippen molar-refractivity contribution < 1.29 is 4.39 Å². The Morgan fingerprint density at radius 3 is 3.06 bits per heavy atom. The molecule has 0 aromatic carbocycles. The summed E-state index contributed by atoms with van der Waals surface area (Å²) in [5.41, 5.74) is 7.67. The minimum atomic E-state index is -0.877.